The fraction of sp³-hybridized carbons (Fsp3) is 0.450. The molecule has 0 aliphatic heterocycles. The van der Waals surface area contributed by atoms with E-state index in [-0.39, 0.29) is 5.91 Å². The third kappa shape index (κ3) is 3.11. The van der Waals surface area contributed by atoms with Gasteiger partial charge in [-0.25, -0.2) is 0 Å². The molecule has 24 heavy (non-hydrogen) atoms. The third-order valence-electron chi connectivity index (χ3n) is 4.77. The summed E-state index contributed by atoms with van der Waals surface area (Å²) >= 11 is 0. The van der Waals surface area contributed by atoms with E-state index in [1.165, 1.54) is 0 Å². The first-order valence-corrected chi connectivity index (χ1v) is 8.61. The van der Waals surface area contributed by atoms with E-state index in [1.54, 1.807) is 7.11 Å². The number of amides is 1. The van der Waals surface area contributed by atoms with E-state index in [0.29, 0.717) is 12.5 Å². The molecule has 1 fully saturated rings. The number of methoxy groups -OCH3 is 1. The predicted molar refractivity (Wildman–Crippen MR) is 96.5 cm³/mol. The molecule has 0 saturated heterocycles. The highest BCUT2D eigenvalue weighted by Crippen LogP contribution is 2.43. The molecule has 1 aliphatic carbocycles. The lowest BCUT2D eigenvalue weighted by molar-refractivity contribution is -0.142. The maximum Gasteiger partial charge on any atom is 0.256 e. The van der Waals surface area contributed by atoms with E-state index in [9.17, 15) is 4.79 Å². The zero-order valence-electron chi connectivity index (χ0n) is 14.6. The SMILES string of the molecule is CCCO[C@@](C)(C(=O)Nc1ccc(OC)c2ccccc12)C1CC1. The molecule has 0 unspecified atom stereocenters. The zero-order valence-corrected chi connectivity index (χ0v) is 14.6. The van der Waals surface area contributed by atoms with Crippen LogP contribution in [0.25, 0.3) is 10.8 Å². The van der Waals surface area contributed by atoms with Crippen molar-refractivity contribution < 1.29 is 14.3 Å². The van der Waals surface area contributed by atoms with Gasteiger partial charge >= 0.3 is 0 Å². The van der Waals surface area contributed by atoms with Crippen molar-refractivity contribution in [2.75, 3.05) is 19.0 Å². The number of rotatable bonds is 7. The maximum absolute atomic E-state index is 13.0. The molecular weight excluding hydrogens is 302 g/mol. The topological polar surface area (TPSA) is 47.6 Å². The smallest absolute Gasteiger partial charge is 0.256 e. The van der Waals surface area contributed by atoms with Gasteiger partial charge in [-0.05, 0) is 44.2 Å². The van der Waals surface area contributed by atoms with Crippen LogP contribution in [0.2, 0.25) is 0 Å². The van der Waals surface area contributed by atoms with Gasteiger partial charge in [0, 0.05) is 23.1 Å². The lowest BCUT2D eigenvalue weighted by Crippen LogP contribution is -2.45. The fourth-order valence-electron chi connectivity index (χ4n) is 3.12. The molecule has 4 heteroatoms. The summed E-state index contributed by atoms with van der Waals surface area (Å²) in [5, 5.41) is 5.05. The van der Waals surface area contributed by atoms with E-state index >= 15 is 0 Å². The van der Waals surface area contributed by atoms with E-state index in [0.717, 1.165) is 41.5 Å². The Bertz CT molecular complexity index is 739. The summed E-state index contributed by atoms with van der Waals surface area (Å²) in [4.78, 5) is 13.0. The molecule has 2 aromatic rings. The summed E-state index contributed by atoms with van der Waals surface area (Å²) in [6.45, 7) is 4.58. The second kappa shape index (κ2) is 6.81. The minimum absolute atomic E-state index is 0.0613. The molecule has 1 amide bonds. The minimum atomic E-state index is -0.753. The summed E-state index contributed by atoms with van der Waals surface area (Å²) in [7, 11) is 1.66. The number of hydrogen-bond acceptors (Lipinski definition) is 3. The Kier molecular flexibility index (Phi) is 4.76. The molecule has 1 N–H and O–H groups in total. The van der Waals surface area contributed by atoms with Crippen molar-refractivity contribution in [3.8, 4) is 5.75 Å². The van der Waals surface area contributed by atoms with Crippen LogP contribution in [0.4, 0.5) is 5.69 Å². The van der Waals surface area contributed by atoms with Gasteiger partial charge in [0.1, 0.15) is 11.4 Å². The first-order valence-electron chi connectivity index (χ1n) is 8.61. The monoisotopic (exact) mass is 327 g/mol. The van der Waals surface area contributed by atoms with Crippen LogP contribution in [0, 0.1) is 5.92 Å². The van der Waals surface area contributed by atoms with Crippen molar-refractivity contribution >= 4 is 22.4 Å². The number of carbonyl (C=O) groups excluding carboxylic acids is 1. The Hall–Kier alpha value is -2.07. The van der Waals surface area contributed by atoms with Crippen LogP contribution in [0.3, 0.4) is 0 Å². The average molecular weight is 327 g/mol. The molecule has 0 spiro atoms. The lowest BCUT2D eigenvalue weighted by Gasteiger charge is -2.29. The van der Waals surface area contributed by atoms with E-state index in [4.69, 9.17) is 9.47 Å². The van der Waals surface area contributed by atoms with Crippen molar-refractivity contribution in [2.24, 2.45) is 5.92 Å². The van der Waals surface area contributed by atoms with Crippen molar-refractivity contribution in [3.63, 3.8) is 0 Å². The molecule has 1 aliphatic rings. The normalized spacial score (nSPS) is 16.6. The molecule has 0 radical (unpaired) electrons. The molecule has 0 aromatic heterocycles. The van der Waals surface area contributed by atoms with Crippen molar-refractivity contribution in [1.82, 2.24) is 0 Å². The molecule has 1 atom stereocenters. The summed E-state index contributed by atoms with van der Waals surface area (Å²) in [6, 6.07) is 11.7. The number of nitrogens with one attached hydrogen (secondary N) is 1. The van der Waals surface area contributed by atoms with Gasteiger partial charge in [-0.15, -0.1) is 0 Å². The lowest BCUT2D eigenvalue weighted by atomic mass is 9.98. The fourth-order valence-corrected chi connectivity index (χ4v) is 3.12. The third-order valence-corrected chi connectivity index (χ3v) is 4.77. The van der Waals surface area contributed by atoms with Crippen molar-refractivity contribution in [2.45, 2.75) is 38.7 Å². The summed E-state index contributed by atoms with van der Waals surface area (Å²) < 4.78 is 11.4. The van der Waals surface area contributed by atoms with Crippen LogP contribution in [0.15, 0.2) is 36.4 Å². The van der Waals surface area contributed by atoms with Gasteiger partial charge in [0.25, 0.3) is 5.91 Å². The van der Waals surface area contributed by atoms with Gasteiger partial charge in [0.15, 0.2) is 0 Å². The number of hydrogen-bond donors (Lipinski definition) is 1. The Morgan fingerprint density at radius 2 is 1.92 bits per heavy atom. The molecule has 1 saturated carbocycles. The van der Waals surface area contributed by atoms with Crippen molar-refractivity contribution in [3.05, 3.63) is 36.4 Å². The number of ether oxygens (including phenoxy) is 2. The van der Waals surface area contributed by atoms with Crippen LogP contribution in [0.1, 0.15) is 33.1 Å². The number of anilines is 1. The standard InChI is InChI=1S/C20H25NO3/c1-4-13-24-20(2,14-9-10-14)19(22)21-17-11-12-18(23-3)16-8-6-5-7-15(16)17/h5-8,11-12,14H,4,9-10,13H2,1-3H3,(H,21,22)/t20-/m1/s1. The van der Waals surface area contributed by atoms with Gasteiger partial charge in [-0.1, -0.05) is 31.2 Å². The maximum atomic E-state index is 13.0. The zero-order chi connectivity index (χ0) is 17.2. The minimum Gasteiger partial charge on any atom is -0.496 e. The van der Waals surface area contributed by atoms with Crippen LogP contribution in [0.5, 0.6) is 5.75 Å². The first kappa shape index (κ1) is 16.8. The molecule has 4 nitrogen and oxygen atoms in total. The highest BCUT2D eigenvalue weighted by Gasteiger charge is 2.48. The van der Waals surface area contributed by atoms with E-state index in [2.05, 4.69) is 12.2 Å². The van der Waals surface area contributed by atoms with Crippen molar-refractivity contribution in [1.29, 1.82) is 0 Å². The summed E-state index contributed by atoms with van der Waals surface area (Å²) in [5.74, 6) is 1.05. The molecule has 128 valence electrons. The highest BCUT2D eigenvalue weighted by atomic mass is 16.5. The first-order chi connectivity index (χ1) is 11.6. The van der Waals surface area contributed by atoms with Gasteiger partial charge in [0.2, 0.25) is 0 Å². The number of benzene rings is 2. The van der Waals surface area contributed by atoms with Gasteiger partial charge < -0.3 is 14.8 Å². The highest BCUT2D eigenvalue weighted by molar-refractivity contribution is 6.06. The number of fused-ring (bicyclic) bond motifs is 1. The summed E-state index contributed by atoms with van der Waals surface area (Å²) in [6.07, 6.45) is 3.01. The second-order valence-corrected chi connectivity index (χ2v) is 6.54. The summed E-state index contributed by atoms with van der Waals surface area (Å²) in [5.41, 5.74) is 0.0419. The van der Waals surface area contributed by atoms with Crippen LogP contribution in [-0.4, -0.2) is 25.2 Å². The van der Waals surface area contributed by atoms with Gasteiger partial charge in [-0.3, -0.25) is 4.79 Å². The number of carbonyl (C=O) groups is 1. The average Bonchev–Trinajstić information content (AvgIpc) is 3.45. The Labute approximate surface area is 143 Å². The predicted octanol–water partition coefficient (Wildman–Crippen LogP) is 4.38. The molecule has 3 rings (SSSR count). The second-order valence-electron chi connectivity index (χ2n) is 6.54. The van der Waals surface area contributed by atoms with E-state index in [1.807, 2.05) is 43.3 Å². The van der Waals surface area contributed by atoms with Gasteiger partial charge in [0.05, 0.1) is 7.11 Å². The Balaban J connectivity index is 1.90. The largest absolute Gasteiger partial charge is 0.496 e. The Morgan fingerprint density at radius 1 is 1.21 bits per heavy atom. The Morgan fingerprint density at radius 3 is 2.54 bits per heavy atom. The quantitative estimate of drug-likeness (QED) is 0.821. The van der Waals surface area contributed by atoms with Crippen LogP contribution < -0.4 is 10.1 Å². The van der Waals surface area contributed by atoms with Crippen LogP contribution in [-0.2, 0) is 9.53 Å². The molecule has 0 heterocycles. The van der Waals surface area contributed by atoms with E-state index < -0.39 is 5.60 Å². The van der Waals surface area contributed by atoms with Gasteiger partial charge in [-0.2, -0.15) is 0 Å². The molecule has 2 aromatic carbocycles. The van der Waals surface area contributed by atoms with Crippen LogP contribution >= 0.6 is 0 Å². The molecular formula is C20H25NO3. The molecule has 0 bridgehead atoms.